The molecule has 0 radical (unpaired) electrons. The summed E-state index contributed by atoms with van der Waals surface area (Å²) in [5.74, 6) is -1.18. The lowest BCUT2D eigenvalue weighted by Gasteiger charge is -2.12. The largest absolute Gasteiger partial charge is 0.462 e. The van der Waals surface area contributed by atoms with Crippen LogP contribution in [0.1, 0.15) is 51.1 Å². The first-order valence-corrected chi connectivity index (χ1v) is 11.1. The van der Waals surface area contributed by atoms with Crippen LogP contribution in [0, 0.1) is 13.8 Å². The van der Waals surface area contributed by atoms with E-state index in [1.807, 2.05) is 6.92 Å². The first-order chi connectivity index (χ1) is 14.1. The SMILES string of the molecule is CCOC(=O)c1c(NC(=O)CSc2nc3c(c(C(F)(F)F)n2)CCC3)sc(C)c1C. The summed E-state index contributed by atoms with van der Waals surface area (Å²) < 4.78 is 45.0. The maximum Gasteiger partial charge on any atom is 0.433 e. The summed E-state index contributed by atoms with van der Waals surface area (Å²) >= 11 is 2.08. The fourth-order valence-corrected chi connectivity index (χ4v) is 4.89. The van der Waals surface area contributed by atoms with Crippen LogP contribution < -0.4 is 5.32 Å². The molecular formula is C19H20F3N3O3S2. The standard InChI is InChI=1S/C19H20F3N3O3S2/c1-4-28-17(27)14-9(2)10(3)30-16(14)24-13(26)8-29-18-23-12-7-5-6-11(12)15(25-18)19(20,21)22/h4-8H2,1-3H3,(H,24,26). The number of carbonyl (C=O) groups excluding carboxylic acids is 2. The van der Waals surface area contributed by atoms with Crippen LogP contribution in [-0.4, -0.2) is 34.2 Å². The van der Waals surface area contributed by atoms with Crippen molar-refractivity contribution in [3.63, 3.8) is 0 Å². The van der Waals surface area contributed by atoms with E-state index >= 15 is 0 Å². The summed E-state index contributed by atoms with van der Waals surface area (Å²) in [6.45, 7) is 5.48. The molecule has 2 heterocycles. The quantitative estimate of drug-likeness (QED) is 0.387. The zero-order valence-electron chi connectivity index (χ0n) is 16.6. The number of nitrogens with zero attached hydrogens (tertiary/aromatic N) is 2. The minimum absolute atomic E-state index is 0.0812. The molecule has 0 aromatic carbocycles. The fraction of sp³-hybridized carbons (Fsp3) is 0.474. The van der Waals surface area contributed by atoms with Crippen molar-refractivity contribution >= 4 is 40.0 Å². The lowest BCUT2D eigenvalue weighted by Crippen LogP contribution is -2.17. The number of fused-ring (bicyclic) bond motifs is 1. The predicted molar refractivity (Wildman–Crippen MR) is 108 cm³/mol. The number of nitrogens with one attached hydrogen (secondary N) is 1. The summed E-state index contributed by atoms with van der Waals surface area (Å²) in [5, 5.41) is 2.94. The predicted octanol–water partition coefficient (Wildman–Crippen LogP) is 4.57. The van der Waals surface area contributed by atoms with E-state index in [1.54, 1.807) is 13.8 Å². The van der Waals surface area contributed by atoms with Crippen LogP contribution in [0.4, 0.5) is 18.2 Å². The highest BCUT2D eigenvalue weighted by atomic mass is 32.2. The van der Waals surface area contributed by atoms with Crippen molar-refractivity contribution in [3.8, 4) is 0 Å². The van der Waals surface area contributed by atoms with E-state index in [4.69, 9.17) is 4.74 Å². The second-order valence-corrected chi connectivity index (χ2v) is 8.84. The van der Waals surface area contributed by atoms with Gasteiger partial charge in [0.1, 0.15) is 5.00 Å². The molecule has 0 unspecified atom stereocenters. The van der Waals surface area contributed by atoms with Crippen LogP contribution in [0.25, 0.3) is 0 Å². The Hall–Kier alpha value is -2.14. The molecule has 1 aliphatic carbocycles. The molecule has 30 heavy (non-hydrogen) atoms. The molecule has 0 saturated heterocycles. The van der Waals surface area contributed by atoms with Crippen molar-refractivity contribution in [2.45, 2.75) is 51.4 Å². The number of hydrogen-bond donors (Lipinski definition) is 1. The molecule has 2 aromatic rings. The maximum absolute atomic E-state index is 13.3. The molecule has 0 saturated carbocycles. The number of rotatable bonds is 6. The Bertz CT molecular complexity index is 990. The minimum atomic E-state index is -4.56. The average Bonchev–Trinajstić information content (AvgIpc) is 3.23. The molecule has 2 aromatic heterocycles. The Labute approximate surface area is 179 Å². The summed E-state index contributed by atoms with van der Waals surface area (Å²) in [4.78, 5) is 33.3. The number of esters is 1. The zero-order chi connectivity index (χ0) is 22.1. The van der Waals surface area contributed by atoms with Crippen LogP contribution in [0.5, 0.6) is 0 Å². The molecule has 0 atom stereocenters. The van der Waals surface area contributed by atoms with Gasteiger partial charge in [-0.15, -0.1) is 11.3 Å². The summed E-state index contributed by atoms with van der Waals surface area (Å²) in [5.41, 5.74) is 0.653. The molecule has 162 valence electrons. The van der Waals surface area contributed by atoms with Gasteiger partial charge >= 0.3 is 12.1 Å². The summed E-state index contributed by atoms with van der Waals surface area (Å²) in [6.07, 6.45) is -3.18. The van der Waals surface area contributed by atoms with Gasteiger partial charge in [0.2, 0.25) is 5.91 Å². The van der Waals surface area contributed by atoms with Gasteiger partial charge in [0.25, 0.3) is 0 Å². The third-order valence-electron chi connectivity index (χ3n) is 4.63. The van der Waals surface area contributed by atoms with E-state index in [0.717, 1.165) is 22.2 Å². The number of thioether (sulfide) groups is 1. The first-order valence-electron chi connectivity index (χ1n) is 9.28. The lowest BCUT2D eigenvalue weighted by molar-refractivity contribution is -0.142. The number of carbonyl (C=O) groups is 2. The normalized spacial score (nSPS) is 13.3. The zero-order valence-corrected chi connectivity index (χ0v) is 18.2. The van der Waals surface area contributed by atoms with Crippen LogP contribution in [0.15, 0.2) is 5.16 Å². The molecule has 1 aliphatic rings. The molecular weight excluding hydrogens is 439 g/mol. The van der Waals surface area contributed by atoms with Crippen molar-refractivity contribution in [3.05, 3.63) is 33.0 Å². The Balaban J connectivity index is 1.73. The van der Waals surface area contributed by atoms with E-state index in [9.17, 15) is 22.8 Å². The number of ether oxygens (including phenoxy) is 1. The molecule has 11 heteroatoms. The van der Waals surface area contributed by atoms with Gasteiger partial charge in [0, 0.05) is 16.1 Å². The van der Waals surface area contributed by atoms with Gasteiger partial charge in [-0.25, -0.2) is 14.8 Å². The Kier molecular flexibility index (Phi) is 6.71. The smallest absolute Gasteiger partial charge is 0.433 e. The van der Waals surface area contributed by atoms with Crippen LogP contribution in [-0.2, 0) is 28.5 Å². The van der Waals surface area contributed by atoms with Gasteiger partial charge < -0.3 is 10.1 Å². The van der Waals surface area contributed by atoms with E-state index < -0.39 is 23.7 Å². The number of halogens is 3. The number of hydrogen-bond acceptors (Lipinski definition) is 7. The lowest BCUT2D eigenvalue weighted by atomic mass is 10.1. The van der Waals surface area contributed by atoms with Crippen molar-refractivity contribution < 1.29 is 27.5 Å². The highest BCUT2D eigenvalue weighted by Gasteiger charge is 2.38. The molecule has 1 amide bonds. The van der Waals surface area contributed by atoms with Crippen molar-refractivity contribution in [2.24, 2.45) is 0 Å². The number of thiophene rings is 1. The average molecular weight is 460 g/mol. The molecule has 3 rings (SSSR count). The van der Waals surface area contributed by atoms with E-state index in [0.29, 0.717) is 35.5 Å². The first kappa shape index (κ1) is 22.5. The summed E-state index contributed by atoms with van der Waals surface area (Å²) in [6, 6.07) is 0. The highest BCUT2D eigenvalue weighted by Crippen LogP contribution is 2.36. The molecule has 0 spiro atoms. The summed E-state index contributed by atoms with van der Waals surface area (Å²) in [7, 11) is 0. The highest BCUT2D eigenvalue weighted by molar-refractivity contribution is 7.99. The Morgan fingerprint density at radius 2 is 1.97 bits per heavy atom. The molecule has 0 fully saturated rings. The topological polar surface area (TPSA) is 81.2 Å². The van der Waals surface area contributed by atoms with Crippen molar-refractivity contribution in [1.29, 1.82) is 0 Å². The maximum atomic E-state index is 13.3. The van der Waals surface area contributed by atoms with E-state index in [2.05, 4.69) is 15.3 Å². The van der Waals surface area contributed by atoms with E-state index in [-0.39, 0.29) is 23.1 Å². The Morgan fingerprint density at radius 3 is 2.63 bits per heavy atom. The van der Waals surface area contributed by atoms with Crippen LogP contribution in [0.3, 0.4) is 0 Å². The van der Waals surface area contributed by atoms with Crippen LogP contribution >= 0.6 is 23.1 Å². The second kappa shape index (κ2) is 8.93. The van der Waals surface area contributed by atoms with Crippen LogP contribution in [0.2, 0.25) is 0 Å². The molecule has 1 N–H and O–H groups in total. The van der Waals surface area contributed by atoms with Gasteiger partial charge in [0.15, 0.2) is 10.9 Å². The third kappa shape index (κ3) is 4.77. The molecule has 0 bridgehead atoms. The second-order valence-electron chi connectivity index (χ2n) is 6.68. The number of aromatic nitrogens is 2. The van der Waals surface area contributed by atoms with Gasteiger partial charge in [-0.3, -0.25) is 4.79 Å². The Morgan fingerprint density at radius 1 is 1.23 bits per heavy atom. The van der Waals surface area contributed by atoms with Gasteiger partial charge in [-0.05, 0) is 45.6 Å². The van der Waals surface area contributed by atoms with Crippen molar-refractivity contribution in [2.75, 3.05) is 17.7 Å². The van der Waals surface area contributed by atoms with Gasteiger partial charge in [-0.2, -0.15) is 13.2 Å². The van der Waals surface area contributed by atoms with Gasteiger partial charge in [0.05, 0.1) is 17.9 Å². The molecule has 0 aliphatic heterocycles. The van der Waals surface area contributed by atoms with Gasteiger partial charge in [-0.1, -0.05) is 11.8 Å². The van der Waals surface area contributed by atoms with E-state index in [1.165, 1.54) is 11.3 Å². The number of anilines is 1. The number of aryl methyl sites for hydroxylation is 2. The minimum Gasteiger partial charge on any atom is -0.462 e. The molecule has 6 nitrogen and oxygen atoms in total. The monoisotopic (exact) mass is 459 g/mol. The number of alkyl halides is 3. The third-order valence-corrected chi connectivity index (χ3v) is 6.60. The van der Waals surface area contributed by atoms with Crippen molar-refractivity contribution in [1.82, 2.24) is 9.97 Å². The fourth-order valence-electron chi connectivity index (χ4n) is 3.17. The number of amides is 1.